The summed E-state index contributed by atoms with van der Waals surface area (Å²) in [5.74, 6) is -0.184. The quantitative estimate of drug-likeness (QED) is 0.309. The summed E-state index contributed by atoms with van der Waals surface area (Å²) in [5, 5.41) is 7.72. The van der Waals surface area contributed by atoms with Gasteiger partial charge in [0.05, 0.1) is 22.4 Å². The van der Waals surface area contributed by atoms with Gasteiger partial charge in [0.2, 0.25) is 0 Å². The molecule has 0 radical (unpaired) electrons. The second-order valence-electron chi connectivity index (χ2n) is 7.48. The highest BCUT2D eigenvalue weighted by atomic mass is 16.1. The van der Waals surface area contributed by atoms with Crippen molar-refractivity contribution in [3.05, 3.63) is 76.8 Å². The highest BCUT2D eigenvalue weighted by Crippen LogP contribution is 2.31. The number of fused-ring (bicyclic) bond motifs is 2. The molecule has 0 aliphatic carbocycles. The largest absolute Gasteiger partial charge is 0.396 e. The minimum absolute atomic E-state index is 0.184. The molecule has 0 bridgehead atoms. The molecule has 5 rings (SSSR count). The number of rotatable bonds is 6. The van der Waals surface area contributed by atoms with Crippen LogP contribution in [0.4, 0.5) is 5.69 Å². The number of carbonyl (C=O) groups excluding carboxylic acids is 1. The number of nitrogens with one attached hydrogen (secondary N) is 3. The van der Waals surface area contributed by atoms with E-state index in [-0.39, 0.29) is 17.2 Å². The Kier molecular flexibility index (Phi) is 4.91. The molecule has 0 saturated carbocycles. The van der Waals surface area contributed by atoms with Gasteiger partial charge >= 0.3 is 0 Å². The molecule has 1 amide bonds. The highest BCUT2D eigenvalue weighted by Gasteiger charge is 2.17. The van der Waals surface area contributed by atoms with Crippen LogP contribution in [0.15, 0.2) is 65.7 Å². The summed E-state index contributed by atoms with van der Waals surface area (Å²) in [4.78, 5) is 35.7. The zero-order valence-corrected chi connectivity index (χ0v) is 17.1. The van der Waals surface area contributed by atoms with E-state index >= 15 is 0 Å². The van der Waals surface area contributed by atoms with Crippen molar-refractivity contribution in [1.29, 1.82) is 0 Å². The van der Waals surface area contributed by atoms with Gasteiger partial charge in [-0.15, -0.1) is 0 Å². The number of anilines is 1. The molecule has 0 atom stereocenters. The number of aryl methyl sites for hydroxylation is 1. The third kappa shape index (κ3) is 3.60. The molecule has 0 spiro atoms. The minimum atomic E-state index is -0.336. The summed E-state index contributed by atoms with van der Waals surface area (Å²) in [6, 6.07) is 14.4. The maximum absolute atomic E-state index is 12.6. The number of nitrogen functional groups attached to an aromatic ring is 1. The number of nitrogens with zero attached hydrogens (tertiary/aromatic N) is 3. The van der Waals surface area contributed by atoms with Gasteiger partial charge < -0.3 is 21.0 Å². The molecule has 0 aliphatic rings. The van der Waals surface area contributed by atoms with Crippen molar-refractivity contribution in [2.75, 3.05) is 12.3 Å². The first kappa shape index (κ1) is 19.6. The van der Waals surface area contributed by atoms with Crippen LogP contribution >= 0.6 is 0 Å². The van der Waals surface area contributed by atoms with E-state index in [2.05, 4.69) is 25.4 Å². The van der Waals surface area contributed by atoms with Gasteiger partial charge in [-0.2, -0.15) is 5.10 Å². The molecule has 0 fully saturated rings. The fraction of sp³-hybridized carbons (Fsp3) is 0.130. The van der Waals surface area contributed by atoms with Crippen LogP contribution in [0.2, 0.25) is 0 Å². The summed E-state index contributed by atoms with van der Waals surface area (Å²) < 4.78 is 1.82. The second-order valence-corrected chi connectivity index (χ2v) is 7.48. The van der Waals surface area contributed by atoms with Crippen LogP contribution in [0, 0.1) is 0 Å². The third-order valence-electron chi connectivity index (χ3n) is 5.35. The molecule has 3 heterocycles. The van der Waals surface area contributed by atoms with Crippen LogP contribution in [0.5, 0.6) is 0 Å². The highest BCUT2D eigenvalue weighted by molar-refractivity contribution is 6.04. The van der Waals surface area contributed by atoms with Crippen molar-refractivity contribution in [2.24, 2.45) is 0 Å². The summed E-state index contributed by atoms with van der Waals surface area (Å²) in [6.45, 7) is 1.26. The SMILES string of the molecule is Nc1c(-c2nc3ccccc3[nH]c2=O)[nH]c2ccc(C(=O)NCCCn3cccn3)cc12. The first-order chi connectivity index (χ1) is 15.6. The van der Waals surface area contributed by atoms with Crippen molar-refractivity contribution < 1.29 is 4.79 Å². The van der Waals surface area contributed by atoms with Gasteiger partial charge in [0.1, 0.15) is 0 Å². The Hall–Kier alpha value is -4.40. The van der Waals surface area contributed by atoms with Gasteiger partial charge in [-0.25, -0.2) is 4.98 Å². The Labute approximate surface area is 182 Å². The van der Waals surface area contributed by atoms with Crippen LogP contribution in [0.1, 0.15) is 16.8 Å². The molecule has 9 heteroatoms. The van der Waals surface area contributed by atoms with Gasteiger partial charge in [-0.1, -0.05) is 12.1 Å². The summed E-state index contributed by atoms with van der Waals surface area (Å²) in [5.41, 5.74) is 9.58. The van der Waals surface area contributed by atoms with Crippen LogP contribution < -0.4 is 16.6 Å². The first-order valence-corrected chi connectivity index (χ1v) is 10.3. The fourth-order valence-corrected chi connectivity index (χ4v) is 3.72. The van der Waals surface area contributed by atoms with Gasteiger partial charge in [-0.3, -0.25) is 14.3 Å². The van der Waals surface area contributed by atoms with E-state index in [1.54, 1.807) is 30.5 Å². The predicted molar refractivity (Wildman–Crippen MR) is 123 cm³/mol. The van der Waals surface area contributed by atoms with Gasteiger partial charge in [0, 0.05) is 41.9 Å². The minimum Gasteiger partial charge on any atom is -0.396 e. The number of H-pyrrole nitrogens is 2. The Morgan fingerprint density at radius 3 is 2.81 bits per heavy atom. The van der Waals surface area contributed by atoms with Crippen LogP contribution in [0.25, 0.3) is 33.3 Å². The Bertz CT molecular complexity index is 1480. The molecule has 0 aliphatic heterocycles. The van der Waals surface area contributed by atoms with Gasteiger partial charge in [0.15, 0.2) is 5.69 Å². The second kappa shape index (κ2) is 8.03. The van der Waals surface area contributed by atoms with Crippen molar-refractivity contribution in [3.8, 4) is 11.4 Å². The van der Waals surface area contributed by atoms with Crippen LogP contribution in [-0.2, 0) is 6.54 Å². The molecule has 9 nitrogen and oxygen atoms in total. The lowest BCUT2D eigenvalue weighted by molar-refractivity contribution is 0.0952. The predicted octanol–water partition coefficient (Wildman–Crippen LogP) is 2.67. The monoisotopic (exact) mass is 427 g/mol. The zero-order chi connectivity index (χ0) is 22.1. The van der Waals surface area contributed by atoms with Crippen molar-refractivity contribution in [2.45, 2.75) is 13.0 Å². The summed E-state index contributed by atoms with van der Waals surface area (Å²) in [6.07, 6.45) is 4.38. The van der Waals surface area contributed by atoms with E-state index in [4.69, 9.17) is 5.73 Å². The third-order valence-corrected chi connectivity index (χ3v) is 5.35. The lowest BCUT2D eigenvalue weighted by Gasteiger charge is -2.06. The van der Waals surface area contributed by atoms with Gasteiger partial charge in [0.25, 0.3) is 11.5 Å². The zero-order valence-electron chi connectivity index (χ0n) is 17.1. The average molecular weight is 427 g/mol. The number of aromatic nitrogens is 5. The van der Waals surface area contributed by atoms with E-state index in [1.165, 1.54) is 0 Å². The van der Waals surface area contributed by atoms with Gasteiger partial charge in [-0.05, 0) is 42.8 Å². The molecular weight excluding hydrogens is 406 g/mol. The lowest BCUT2D eigenvalue weighted by atomic mass is 10.1. The van der Waals surface area contributed by atoms with E-state index in [0.29, 0.717) is 39.9 Å². The number of hydrogen-bond donors (Lipinski definition) is 4. The summed E-state index contributed by atoms with van der Waals surface area (Å²) in [7, 11) is 0. The molecule has 32 heavy (non-hydrogen) atoms. The van der Waals surface area contributed by atoms with Crippen LogP contribution in [0.3, 0.4) is 0 Å². The standard InChI is InChI=1S/C23H21N7O2/c24-19-15-13-14(22(31)25-9-3-11-30-12-4-10-26-30)7-8-16(15)27-20(19)21-23(32)29-18-6-2-1-5-17(18)28-21/h1-2,4-8,10,12-13,27H,3,9,11,24H2,(H,25,31)(H,29,32). The van der Waals surface area contributed by atoms with E-state index in [1.807, 2.05) is 35.1 Å². The smallest absolute Gasteiger partial charge is 0.276 e. The maximum atomic E-state index is 12.6. The Balaban J connectivity index is 1.39. The van der Waals surface area contributed by atoms with Crippen molar-refractivity contribution in [1.82, 2.24) is 30.0 Å². The number of benzene rings is 2. The van der Waals surface area contributed by atoms with E-state index < -0.39 is 0 Å². The molecule has 160 valence electrons. The number of hydrogen-bond acceptors (Lipinski definition) is 5. The molecule has 3 aromatic heterocycles. The lowest BCUT2D eigenvalue weighted by Crippen LogP contribution is -2.25. The molecule has 5 N–H and O–H groups in total. The Morgan fingerprint density at radius 2 is 1.97 bits per heavy atom. The molecule has 0 unspecified atom stereocenters. The number of carbonyl (C=O) groups is 1. The number of nitrogens with two attached hydrogens (primary N) is 1. The first-order valence-electron chi connectivity index (χ1n) is 10.3. The average Bonchev–Trinajstić information content (AvgIpc) is 3.44. The normalized spacial score (nSPS) is 11.2. The number of amides is 1. The van der Waals surface area contributed by atoms with E-state index in [9.17, 15) is 9.59 Å². The fourth-order valence-electron chi connectivity index (χ4n) is 3.72. The summed E-state index contributed by atoms with van der Waals surface area (Å²) >= 11 is 0. The molecule has 2 aromatic carbocycles. The number of para-hydroxylation sites is 2. The van der Waals surface area contributed by atoms with Crippen LogP contribution in [-0.4, -0.2) is 37.2 Å². The Morgan fingerprint density at radius 1 is 1.09 bits per heavy atom. The topological polar surface area (TPSA) is 134 Å². The molecule has 5 aromatic rings. The maximum Gasteiger partial charge on any atom is 0.276 e. The van der Waals surface area contributed by atoms with E-state index in [0.717, 1.165) is 18.5 Å². The van der Waals surface area contributed by atoms with Crippen molar-refractivity contribution in [3.63, 3.8) is 0 Å². The number of aromatic amines is 2. The molecular formula is C23H21N7O2. The molecule has 0 saturated heterocycles. The van der Waals surface area contributed by atoms with Crippen molar-refractivity contribution >= 4 is 33.5 Å².